The largest absolute Gasteiger partial charge is 0.507 e. The molecule has 3 aliphatic heterocycles. The number of amides is 1. The van der Waals surface area contributed by atoms with Gasteiger partial charge in [-0.25, -0.2) is 0 Å². The van der Waals surface area contributed by atoms with E-state index in [1.807, 2.05) is 0 Å². The van der Waals surface area contributed by atoms with Gasteiger partial charge in [0.25, 0.3) is 11.7 Å². The van der Waals surface area contributed by atoms with Crippen molar-refractivity contribution in [2.45, 2.75) is 25.0 Å². The van der Waals surface area contributed by atoms with Crippen LogP contribution < -0.4 is 18.9 Å². The minimum Gasteiger partial charge on any atom is -0.507 e. The second-order valence-electron chi connectivity index (χ2n) is 8.27. The van der Waals surface area contributed by atoms with Crippen molar-refractivity contribution in [3.05, 3.63) is 53.1 Å². The molecule has 5 rings (SSSR count). The van der Waals surface area contributed by atoms with Crippen molar-refractivity contribution in [3.8, 4) is 23.0 Å². The van der Waals surface area contributed by atoms with Crippen LogP contribution in [0.5, 0.6) is 23.0 Å². The highest BCUT2D eigenvalue weighted by molar-refractivity contribution is 6.46. The average Bonchev–Trinajstić information content (AvgIpc) is 3.60. The van der Waals surface area contributed by atoms with E-state index in [-0.39, 0.29) is 30.8 Å². The third kappa shape index (κ3) is 3.71. The summed E-state index contributed by atoms with van der Waals surface area (Å²) in [5.74, 6) is 0.237. The molecule has 9 heteroatoms. The van der Waals surface area contributed by atoms with Crippen LogP contribution in [0.2, 0.25) is 0 Å². The minimum atomic E-state index is -0.813. The SMILES string of the molecule is COc1ccc(C(O)=C2C(=O)C(=O)N(C[C@@H]3CCCO3)[C@@H]2c2ccc3c(c2)OCO3)cc1OC. The smallest absolute Gasteiger partial charge is 0.295 e. The van der Waals surface area contributed by atoms with Crippen LogP contribution in [0.15, 0.2) is 42.0 Å². The van der Waals surface area contributed by atoms with Crippen LogP contribution in [0.25, 0.3) is 5.76 Å². The van der Waals surface area contributed by atoms with Gasteiger partial charge in [0.2, 0.25) is 6.79 Å². The molecule has 34 heavy (non-hydrogen) atoms. The van der Waals surface area contributed by atoms with Gasteiger partial charge in [-0.2, -0.15) is 0 Å². The molecule has 0 spiro atoms. The lowest BCUT2D eigenvalue weighted by atomic mass is 9.94. The molecule has 9 nitrogen and oxygen atoms in total. The highest BCUT2D eigenvalue weighted by Crippen LogP contribution is 2.44. The lowest BCUT2D eigenvalue weighted by Crippen LogP contribution is -2.36. The quantitative estimate of drug-likeness (QED) is 0.393. The molecular formula is C25H25NO8. The van der Waals surface area contributed by atoms with Crippen LogP contribution >= 0.6 is 0 Å². The fourth-order valence-electron chi connectivity index (χ4n) is 4.64. The fourth-order valence-corrected chi connectivity index (χ4v) is 4.64. The molecule has 2 saturated heterocycles. The Morgan fingerprint density at radius 3 is 2.59 bits per heavy atom. The molecular weight excluding hydrogens is 442 g/mol. The molecule has 1 amide bonds. The second kappa shape index (κ2) is 8.90. The molecule has 1 N–H and O–H groups in total. The van der Waals surface area contributed by atoms with Crippen molar-refractivity contribution < 1.29 is 38.4 Å². The van der Waals surface area contributed by atoms with Gasteiger partial charge in [0.15, 0.2) is 23.0 Å². The van der Waals surface area contributed by atoms with E-state index in [0.717, 1.165) is 12.8 Å². The number of hydrogen-bond donors (Lipinski definition) is 1. The topological polar surface area (TPSA) is 104 Å². The second-order valence-corrected chi connectivity index (χ2v) is 8.27. The molecule has 0 aliphatic carbocycles. The Kier molecular flexibility index (Phi) is 5.79. The van der Waals surface area contributed by atoms with Crippen molar-refractivity contribution >= 4 is 17.4 Å². The Hall–Kier alpha value is -3.72. The Balaban J connectivity index is 1.63. The summed E-state index contributed by atoms with van der Waals surface area (Å²) in [5, 5.41) is 11.3. The summed E-state index contributed by atoms with van der Waals surface area (Å²) in [6.45, 7) is 0.960. The average molecular weight is 467 g/mol. The number of aliphatic hydroxyl groups is 1. The summed E-state index contributed by atoms with van der Waals surface area (Å²) in [5.41, 5.74) is 0.955. The molecule has 2 atom stereocenters. The predicted octanol–water partition coefficient (Wildman–Crippen LogP) is 3.03. The van der Waals surface area contributed by atoms with Gasteiger partial charge in [0, 0.05) is 18.7 Å². The summed E-state index contributed by atoms with van der Waals surface area (Å²) in [4.78, 5) is 27.9. The van der Waals surface area contributed by atoms with Gasteiger partial charge < -0.3 is 33.7 Å². The van der Waals surface area contributed by atoms with E-state index in [4.69, 9.17) is 23.7 Å². The highest BCUT2D eigenvalue weighted by Gasteiger charge is 2.47. The number of likely N-dealkylation sites (tertiary alicyclic amines) is 1. The Labute approximate surface area is 196 Å². The minimum absolute atomic E-state index is 0.00548. The number of methoxy groups -OCH3 is 2. The summed E-state index contributed by atoms with van der Waals surface area (Å²) in [7, 11) is 2.99. The van der Waals surface area contributed by atoms with Crippen LogP contribution in [-0.2, 0) is 14.3 Å². The van der Waals surface area contributed by atoms with Crippen LogP contribution in [0.1, 0.15) is 30.0 Å². The Morgan fingerprint density at radius 1 is 1.06 bits per heavy atom. The third-order valence-electron chi connectivity index (χ3n) is 6.33. The van der Waals surface area contributed by atoms with Crippen LogP contribution in [0.3, 0.4) is 0 Å². The van der Waals surface area contributed by atoms with Gasteiger partial charge in [0.05, 0.1) is 31.9 Å². The summed E-state index contributed by atoms with van der Waals surface area (Å²) in [6.07, 6.45) is 1.53. The first-order chi connectivity index (χ1) is 16.5. The molecule has 0 aromatic heterocycles. The number of fused-ring (bicyclic) bond motifs is 1. The van der Waals surface area contributed by atoms with Crippen molar-refractivity contribution in [3.63, 3.8) is 0 Å². The lowest BCUT2D eigenvalue weighted by molar-refractivity contribution is -0.140. The molecule has 3 aliphatic rings. The number of benzene rings is 2. The number of carbonyl (C=O) groups excluding carboxylic acids is 2. The zero-order chi connectivity index (χ0) is 23.8. The zero-order valence-electron chi connectivity index (χ0n) is 18.9. The van der Waals surface area contributed by atoms with Crippen molar-refractivity contribution in [1.82, 2.24) is 4.90 Å². The molecule has 0 bridgehead atoms. The molecule has 0 saturated carbocycles. The number of Topliss-reactive ketones (excluding diaryl/α,β-unsaturated/α-hetero) is 1. The molecule has 178 valence electrons. The van der Waals surface area contributed by atoms with E-state index >= 15 is 0 Å². The number of rotatable bonds is 6. The van der Waals surface area contributed by atoms with E-state index in [1.165, 1.54) is 19.1 Å². The van der Waals surface area contributed by atoms with Crippen LogP contribution in [-0.4, -0.2) is 62.0 Å². The lowest BCUT2D eigenvalue weighted by Gasteiger charge is -2.27. The van der Waals surface area contributed by atoms with Crippen molar-refractivity contribution in [2.75, 3.05) is 34.2 Å². The maximum Gasteiger partial charge on any atom is 0.295 e. The summed E-state index contributed by atoms with van der Waals surface area (Å²) >= 11 is 0. The van der Waals surface area contributed by atoms with Gasteiger partial charge >= 0.3 is 0 Å². The molecule has 3 heterocycles. The van der Waals surface area contributed by atoms with Gasteiger partial charge in [-0.3, -0.25) is 9.59 Å². The molecule has 0 unspecified atom stereocenters. The van der Waals surface area contributed by atoms with Crippen molar-refractivity contribution in [1.29, 1.82) is 0 Å². The number of ketones is 1. The van der Waals surface area contributed by atoms with E-state index < -0.39 is 17.7 Å². The van der Waals surface area contributed by atoms with E-state index in [9.17, 15) is 14.7 Å². The normalized spacial score (nSPS) is 22.9. The van der Waals surface area contributed by atoms with Gasteiger partial charge in [0.1, 0.15) is 5.76 Å². The number of hydrogen-bond acceptors (Lipinski definition) is 8. The fraction of sp³-hybridized carbons (Fsp3) is 0.360. The molecule has 2 aromatic carbocycles. The number of carbonyl (C=O) groups is 2. The third-order valence-corrected chi connectivity index (χ3v) is 6.33. The molecule has 0 radical (unpaired) electrons. The van der Waals surface area contributed by atoms with Crippen LogP contribution in [0, 0.1) is 0 Å². The number of nitrogens with zero attached hydrogens (tertiary/aromatic N) is 1. The predicted molar refractivity (Wildman–Crippen MR) is 120 cm³/mol. The zero-order valence-corrected chi connectivity index (χ0v) is 18.9. The Bertz CT molecular complexity index is 1170. The first-order valence-corrected chi connectivity index (χ1v) is 11.0. The number of ether oxygens (including phenoxy) is 5. The van der Waals surface area contributed by atoms with Gasteiger partial charge in [-0.15, -0.1) is 0 Å². The van der Waals surface area contributed by atoms with Gasteiger partial charge in [-0.1, -0.05) is 6.07 Å². The summed E-state index contributed by atoms with van der Waals surface area (Å²) in [6, 6.07) is 9.25. The highest BCUT2D eigenvalue weighted by atomic mass is 16.7. The standard InChI is InChI=1S/C25H25NO8/c1-30-17-7-6-15(11-19(17)31-2)23(27)21-22(14-5-8-18-20(10-14)34-13-33-18)26(25(29)24(21)28)12-16-4-3-9-32-16/h5-8,10-11,16,22,27H,3-4,9,12-13H2,1-2H3/t16-,22+/m0/s1. The monoisotopic (exact) mass is 467 g/mol. The van der Waals surface area contributed by atoms with Crippen molar-refractivity contribution in [2.24, 2.45) is 0 Å². The van der Waals surface area contributed by atoms with E-state index in [1.54, 1.807) is 36.4 Å². The first kappa shape index (κ1) is 22.1. The maximum atomic E-state index is 13.2. The van der Waals surface area contributed by atoms with Gasteiger partial charge in [-0.05, 0) is 48.7 Å². The number of aliphatic hydroxyl groups excluding tert-OH is 1. The van der Waals surface area contributed by atoms with Crippen LogP contribution in [0.4, 0.5) is 0 Å². The summed E-state index contributed by atoms with van der Waals surface area (Å²) < 4.78 is 27.3. The van der Waals surface area contributed by atoms with E-state index in [2.05, 4.69) is 0 Å². The van der Waals surface area contributed by atoms with E-state index in [0.29, 0.717) is 40.7 Å². The Morgan fingerprint density at radius 2 is 1.85 bits per heavy atom. The molecule has 2 aromatic rings. The molecule has 2 fully saturated rings. The first-order valence-electron chi connectivity index (χ1n) is 11.0. The maximum absolute atomic E-state index is 13.2.